The van der Waals surface area contributed by atoms with Crippen LogP contribution in [0.25, 0.3) is 0 Å². The summed E-state index contributed by atoms with van der Waals surface area (Å²) < 4.78 is 5.13. The lowest BCUT2D eigenvalue weighted by molar-refractivity contribution is -0.123. The zero-order valence-electron chi connectivity index (χ0n) is 10.7. The molecule has 1 aromatic rings. The van der Waals surface area contributed by atoms with Gasteiger partial charge in [0.25, 0.3) is 0 Å². The summed E-state index contributed by atoms with van der Waals surface area (Å²) >= 11 is 0. The van der Waals surface area contributed by atoms with Gasteiger partial charge in [0.1, 0.15) is 11.8 Å². The number of amides is 1. The zero-order chi connectivity index (χ0) is 13.1. The van der Waals surface area contributed by atoms with Gasteiger partial charge in [0.15, 0.2) is 0 Å². The molecule has 2 rings (SSSR count). The van der Waals surface area contributed by atoms with Crippen molar-refractivity contribution in [1.82, 2.24) is 5.32 Å². The molecule has 98 valence electrons. The number of nitrogens with zero attached hydrogens (tertiary/aromatic N) is 1. The van der Waals surface area contributed by atoms with E-state index in [0.717, 1.165) is 18.0 Å². The highest BCUT2D eigenvalue weighted by Crippen LogP contribution is 2.23. The van der Waals surface area contributed by atoms with Crippen molar-refractivity contribution in [3.8, 4) is 5.75 Å². The number of rotatable bonds is 3. The minimum atomic E-state index is -0.297. The van der Waals surface area contributed by atoms with Crippen molar-refractivity contribution in [3.63, 3.8) is 0 Å². The molecule has 0 radical (unpaired) electrons. The van der Waals surface area contributed by atoms with E-state index in [4.69, 9.17) is 10.5 Å². The fourth-order valence-electron chi connectivity index (χ4n) is 2.24. The number of nitrogens with one attached hydrogen (secondary N) is 1. The van der Waals surface area contributed by atoms with Gasteiger partial charge in [-0.2, -0.15) is 0 Å². The highest BCUT2D eigenvalue weighted by atomic mass is 16.5. The first-order valence-corrected chi connectivity index (χ1v) is 6.07. The predicted octanol–water partition coefficient (Wildman–Crippen LogP) is 0.347. The molecular formula is C13H19N3O2. The maximum atomic E-state index is 11.9. The van der Waals surface area contributed by atoms with Gasteiger partial charge in [-0.05, 0) is 31.2 Å². The lowest BCUT2D eigenvalue weighted by Crippen LogP contribution is -2.61. The quantitative estimate of drug-likeness (QED) is 0.811. The van der Waals surface area contributed by atoms with Crippen LogP contribution >= 0.6 is 0 Å². The Bertz CT molecular complexity index is 419. The van der Waals surface area contributed by atoms with Crippen LogP contribution in [-0.4, -0.2) is 38.2 Å². The molecule has 2 unspecified atom stereocenters. The van der Waals surface area contributed by atoms with E-state index >= 15 is 0 Å². The molecule has 0 bridgehead atoms. The molecule has 1 amide bonds. The number of ether oxygens (including phenoxy) is 1. The lowest BCUT2D eigenvalue weighted by Gasteiger charge is -2.39. The Kier molecular flexibility index (Phi) is 3.72. The summed E-state index contributed by atoms with van der Waals surface area (Å²) in [5.41, 5.74) is 6.69. The first-order chi connectivity index (χ1) is 8.65. The van der Waals surface area contributed by atoms with E-state index < -0.39 is 0 Å². The molecule has 2 atom stereocenters. The van der Waals surface area contributed by atoms with Gasteiger partial charge in [-0.3, -0.25) is 4.79 Å². The minimum absolute atomic E-state index is 0.00734. The van der Waals surface area contributed by atoms with E-state index in [9.17, 15) is 4.79 Å². The van der Waals surface area contributed by atoms with Crippen molar-refractivity contribution in [2.24, 2.45) is 5.73 Å². The van der Waals surface area contributed by atoms with Crippen molar-refractivity contribution >= 4 is 11.6 Å². The topological polar surface area (TPSA) is 67.6 Å². The summed E-state index contributed by atoms with van der Waals surface area (Å²) in [4.78, 5) is 13.9. The number of carbonyl (C=O) groups is 1. The Morgan fingerprint density at radius 1 is 1.44 bits per heavy atom. The summed E-state index contributed by atoms with van der Waals surface area (Å²) in [6.07, 6.45) is 0. The molecule has 1 aliphatic heterocycles. The van der Waals surface area contributed by atoms with Gasteiger partial charge >= 0.3 is 0 Å². The minimum Gasteiger partial charge on any atom is -0.497 e. The number of nitrogens with two attached hydrogens (primary N) is 1. The standard InChI is InChI=1S/C13H19N3O2/c1-9-8-16(12(7-14)13(17)15-9)10-3-5-11(18-2)6-4-10/h3-6,9,12H,7-8,14H2,1-2H3,(H,15,17). The third kappa shape index (κ3) is 2.41. The fourth-order valence-corrected chi connectivity index (χ4v) is 2.24. The highest BCUT2D eigenvalue weighted by Gasteiger charge is 2.31. The van der Waals surface area contributed by atoms with Gasteiger partial charge in [-0.15, -0.1) is 0 Å². The van der Waals surface area contributed by atoms with Crippen LogP contribution in [0.3, 0.4) is 0 Å². The Morgan fingerprint density at radius 3 is 2.67 bits per heavy atom. The van der Waals surface area contributed by atoms with Crippen molar-refractivity contribution in [2.45, 2.75) is 19.0 Å². The summed E-state index contributed by atoms with van der Waals surface area (Å²) in [6.45, 7) is 3.06. The van der Waals surface area contributed by atoms with Crippen LogP contribution in [0, 0.1) is 0 Å². The number of anilines is 1. The average molecular weight is 249 g/mol. The number of carbonyl (C=O) groups excluding carboxylic acids is 1. The van der Waals surface area contributed by atoms with E-state index in [0.29, 0.717) is 6.54 Å². The number of benzene rings is 1. The third-order valence-electron chi connectivity index (χ3n) is 3.17. The Hall–Kier alpha value is -1.75. The molecule has 0 aromatic heterocycles. The molecule has 3 N–H and O–H groups in total. The summed E-state index contributed by atoms with van der Waals surface area (Å²) in [5.74, 6) is 0.796. The van der Waals surface area contributed by atoms with Gasteiger partial charge in [0, 0.05) is 24.8 Å². The molecule has 1 heterocycles. The SMILES string of the molecule is COc1ccc(N2CC(C)NC(=O)C2CN)cc1. The maximum Gasteiger partial charge on any atom is 0.244 e. The third-order valence-corrected chi connectivity index (χ3v) is 3.17. The predicted molar refractivity (Wildman–Crippen MR) is 70.8 cm³/mol. The summed E-state index contributed by atoms with van der Waals surface area (Å²) in [7, 11) is 1.63. The molecule has 1 aliphatic rings. The van der Waals surface area contributed by atoms with Crippen molar-refractivity contribution in [1.29, 1.82) is 0 Å². The van der Waals surface area contributed by atoms with E-state index in [-0.39, 0.29) is 18.0 Å². The van der Waals surface area contributed by atoms with Crippen molar-refractivity contribution < 1.29 is 9.53 Å². The molecule has 5 nitrogen and oxygen atoms in total. The second-order valence-corrected chi connectivity index (χ2v) is 4.51. The Morgan fingerprint density at radius 2 is 2.11 bits per heavy atom. The summed E-state index contributed by atoms with van der Waals surface area (Å²) in [5, 5.41) is 2.92. The second kappa shape index (κ2) is 5.27. The average Bonchev–Trinajstić information content (AvgIpc) is 2.38. The number of hydrogen-bond acceptors (Lipinski definition) is 4. The molecule has 0 saturated carbocycles. The van der Waals surface area contributed by atoms with E-state index in [1.54, 1.807) is 7.11 Å². The van der Waals surface area contributed by atoms with Gasteiger partial charge in [0.2, 0.25) is 5.91 Å². The first-order valence-electron chi connectivity index (χ1n) is 6.07. The molecule has 5 heteroatoms. The van der Waals surface area contributed by atoms with E-state index in [2.05, 4.69) is 5.32 Å². The molecule has 18 heavy (non-hydrogen) atoms. The van der Waals surface area contributed by atoms with Crippen LogP contribution in [0.2, 0.25) is 0 Å². The van der Waals surface area contributed by atoms with Crippen LogP contribution < -0.4 is 20.7 Å². The monoisotopic (exact) mass is 249 g/mol. The lowest BCUT2D eigenvalue weighted by atomic mass is 10.1. The highest BCUT2D eigenvalue weighted by molar-refractivity contribution is 5.87. The van der Waals surface area contributed by atoms with E-state index in [1.165, 1.54) is 0 Å². The van der Waals surface area contributed by atoms with Crippen LogP contribution in [-0.2, 0) is 4.79 Å². The van der Waals surface area contributed by atoms with Crippen molar-refractivity contribution in [3.05, 3.63) is 24.3 Å². The molecule has 1 aromatic carbocycles. The molecule has 1 fully saturated rings. The molecule has 0 aliphatic carbocycles. The van der Waals surface area contributed by atoms with Gasteiger partial charge in [-0.1, -0.05) is 0 Å². The van der Waals surface area contributed by atoms with Crippen LogP contribution in [0.4, 0.5) is 5.69 Å². The Labute approximate surface area is 107 Å². The van der Waals surface area contributed by atoms with Crippen molar-refractivity contribution in [2.75, 3.05) is 25.1 Å². The number of hydrogen-bond donors (Lipinski definition) is 2. The molecular weight excluding hydrogens is 230 g/mol. The first kappa shape index (κ1) is 12.7. The van der Waals surface area contributed by atoms with Crippen LogP contribution in [0.5, 0.6) is 5.75 Å². The maximum absolute atomic E-state index is 11.9. The van der Waals surface area contributed by atoms with Gasteiger partial charge in [0.05, 0.1) is 7.11 Å². The molecule has 0 spiro atoms. The largest absolute Gasteiger partial charge is 0.497 e. The van der Waals surface area contributed by atoms with E-state index in [1.807, 2.05) is 36.1 Å². The van der Waals surface area contributed by atoms with Crippen LogP contribution in [0.15, 0.2) is 24.3 Å². The zero-order valence-corrected chi connectivity index (χ0v) is 10.7. The number of piperazine rings is 1. The Balaban J connectivity index is 2.24. The normalized spacial score (nSPS) is 23.7. The summed E-state index contributed by atoms with van der Waals surface area (Å²) in [6, 6.07) is 7.51. The van der Waals surface area contributed by atoms with Crippen LogP contribution in [0.1, 0.15) is 6.92 Å². The van der Waals surface area contributed by atoms with Gasteiger partial charge in [-0.25, -0.2) is 0 Å². The smallest absolute Gasteiger partial charge is 0.244 e. The fraction of sp³-hybridized carbons (Fsp3) is 0.462. The second-order valence-electron chi connectivity index (χ2n) is 4.51. The molecule has 1 saturated heterocycles. The number of methoxy groups -OCH3 is 1. The van der Waals surface area contributed by atoms with Gasteiger partial charge < -0.3 is 20.7 Å².